The van der Waals surface area contributed by atoms with Crippen LogP contribution in [0.15, 0.2) is 28.7 Å². The zero-order valence-electron chi connectivity index (χ0n) is 12.7. The Hall–Kier alpha value is -1.49. The molecule has 0 saturated carbocycles. The first-order valence-electron chi connectivity index (χ1n) is 6.90. The summed E-state index contributed by atoms with van der Waals surface area (Å²) in [5.41, 5.74) is 0.851. The van der Waals surface area contributed by atoms with E-state index in [1.807, 2.05) is 27.7 Å². The highest BCUT2D eigenvalue weighted by Crippen LogP contribution is 2.29. The van der Waals surface area contributed by atoms with Gasteiger partial charge < -0.3 is 5.32 Å². The number of hydrogen-bond acceptors (Lipinski definition) is 3. The first-order chi connectivity index (χ1) is 9.82. The van der Waals surface area contributed by atoms with E-state index in [4.69, 9.17) is 0 Å². The molecule has 3 nitrogen and oxygen atoms in total. The van der Waals surface area contributed by atoms with Crippen molar-refractivity contribution in [3.8, 4) is 11.3 Å². The van der Waals surface area contributed by atoms with E-state index in [0.29, 0.717) is 27.4 Å². The van der Waals surface area contributed by atoms with Gasteiger partial charge in [0.1, 0.15) is 17.5 Å². The Morgan fingerprint density at radius 3 is 2.57 bits per heavy atom. The highest BCUT2D eigenvalue weighted by molar-refractivity contribution is 9.10. The summed E-state index contributed by atoms with van der Waals surface area (Å²) in [5, 5.41) is 3.18. The second-order valence-corrected chi connectivity index (χ2v) is 6.70. The fourth-order valence-electron chi connectivity index (χ4n) is 1.89. The first-order valence-corrected chi connectivity index (χ1v) is 7.70. The molecule has 0 aliphatic heterocycles. The molecule has 112 valence electrons. The number of aromatic nitrogens is 2. The molecular weight excluding hydrogens is 333 g/mol. The highest BCUT2D eigenvalue weighted by Gasteiger charge is 2.20. The van der Waals surface area contributed by atoms with Crippen LogP contribution < -0.4 is 5.32 Å². The molecule has 0 unspecified atom stereocenters. The van der Waals surface area contributed by atoms with Crippen LogP contribution >= 0.6 is 15.9 Å². The van der Waals surface area contributed by atoms with E-state index < -0.39 is 0 Å². The van der Waals surface area contributed by atoms with Crippen molar-refractivity contribution in [1.29, 1.82) is 0 Å². The molecule has 0 spiro atoms. The quantitative estimate of drug-likeness (QED) is 0.864. The van der Waals surface area contributed by atoms with E-state index >= 15 is 0 Å². The molecule has 0 bridgehead atoms. The van der Waals surface area contributed by atoms with Crippen LogP contribution in [0.2, 0.25) is 0 Å². The van der Waals surface area contributed by atoms with Gasteiger partial charge in [0, 0.05) is 23.6 Å². The van der Waals surface area contributed by atoms with Crippen molar-refractivity contribution >= 4 is 21.7 Å². The fourth-order valence-corrected chi connectivity index (χ4v) is 2.26. The zero-order chi connectivity index (χ0) is 15.6. The van der Waals surface area contributed by atoms with Crippen LogP contribution in [-0.2, 0) is 5.41 Å². The van der Waals surface area contributed by atoms with Gasteiger partial charge >= 0.3 is 0 Å². The Labute approximate surface area is 133 Å². The van der Waals surface area contributed by atoms with E-state index in [9.17, 15) is 4.39 Å². The van der Waals surface area contributed by atoms with E-state index in [2.05, 4.69) is 31.2 Å². The molecule has 1 aromatic heterocycles. The van der Waals surface area contributed by atoms with Crippen molar-refractivity contribution in [3.63, 3.8) is 0 Å². The molecule has 0 aliphatic carbocycles. The Kier molecular flexibility index (Phi) is 4.61. The summed E-state index contributed by atoms with van der Waals surface area (Å²) in [4.78, 5) is 9.06. The normalized spacial score (nSPS) is 11.5. The van der Waals surface area contributed by atoms with Crippen molar-refractivity contribution in [2.75, 3.05) is 11.9 Å². The van der Waals surface area contributed by atoms with Gasteiger partial charge in [-0.2, -0.15) is 0 Å². The Balaban J connectivity index is 2.62. The summed E-state index contributed by atoms with van der Waals surface area (Å²) in [7, 11) is 0. The smallest absolute Gasteiger partial charge is 0.146 e. The summed E-state index contributed by atoms with van der Waals surface area (Å²) in [5.74, 6) is 1.10. The lowest BCUT2D eigenvalue weighted by atomic mass is 9.95. The number of rotatable bonds is 3. The number of anilines is 1. The topological polar surface area (TPSA) is 37.8 Å². The summed E-state index contributed by atoms with van der Waals surface area (Å²) >= 11 is 3.22. The molecule has 0 aliphatic rings. The van der Waals surface area contributed by atoms with E-state index in [-0.39, 0.29) is 11.2 Å². The summed E-state index contributed by atoms with van der Waals surface area (Å²) in [6.07, 6.45) is 0. The number of nitrogens with one attached hydrogen (secondary N) is 1. The molecular formula is C16H19BrFN3. The van der Waals surface area contributed by atoms with Gasteiger partial charge in [-0.1, -0.05) is 26.8 Å². The van der Waals surface area contributed by atoms with Crippen LogP contribution in [-0.4, -0.2) is 16.5 Å². The first kappa shape index (κ1) is 15.9. The van der Waals surface area contributed by atoms with Crippen LogP contribution in [0.4, 0.5) is 10.2 Å². The maximum absolute atomic E-state index is 14.3. The predicted octanol–water partition coefficient (Wildman–Crippen LogP) is 4.77. The minimum atomic E-state index is -0.307. The SMILES string of the molecule is CCNc1cc(-c2cccc(Br)c2F)nc(C(C)(C)C)n1. The third-order valence-electron chi connectivity index (χ3n) is 2.98. The lowest BCUT2D eigenvalue weighted by Crippen LogP contribution is -2.18. The van der Waals surface area contributed by atoms with E-state index in [1.165, 1.54) is 0 Å². The molecule has 0 fully saturated rings. The van der Waals surface area contributed by atoms with Gasteiger partial charge in [-0.15, -0.1) is 0 Å². The third kappa shape index (κ3) is 3.59. The Bertz CT molecular complexity index is 650. The zero-order valence-corrected chi connectivity index (χ0v) is 14.3. The van der Waals surface area contributed by atoms with Crippen molar-refractivity contribution < 1.29 is 4.39 Å². The molecule has 0 atom stereocenters. The molecule has 2 aromatic rings. The van der Waals surface area contributed by atoms with Gasteiger partial charge in [0.25, 0.3) is 0 Å². The molecule has 0 saturated heterocycles. The second kappa shape index (κ2) is 6.10. The predicted molar refractivity (Wildman–Crippen MR) is 88.0 cm³/mol. The van der Waals surface area contributed by atoms with Gasteiger partial charge in [0.2, 0.25) is 0 Å². The minimum Gasteiger partial charge on any atom is -0.370 e. The standard InChI is InChI=1S/C16H19BrFN3/c1-5-19-13-9-12(20-15(21-13)16(2,3)4)10-7-6-8-11(17)14(10)18/h6-9H,5H2,1-4H3,(H,19,20,21). The van der Waals surface area contributed by atoms with Crippen LogP contribution in [0.1, 0.15) is 33.5 Å². The number of hydrogen-bond donors (Lipinski definition) is 1. The maximum atomic E-state index is 14.3. The van der Waals surface area contributed by atoms with Crippen molar-refractivity contribution in [1.82, 2.24) is 9.97 Å². The van der Waals surface area contributed by atoms with Gasteiger partial charge in [0.05, 0.1) is 10.2 Å². The van der Waals surface area contributed by atoms with E-state index in [1.54, 1.807) is 24.3 Å². The number of benzene rings is 1. The fraction of sp³-hybridized carbons (Fsp3) is 0.375. The number of halogens is 2. The van der Waals surface area contributed by atoms with Crippen LogP contribution in [0.5, 0.6) is 0 Å². The molecule has 5 heteroatoms. The largest absolute Gasteiger partial charge is 0.370 e. The molecule has 1 heterocycles. The molecule has 1 aromatic carbocycles. The van der Waals surface area contributed by atoms with Gasteiger partial charge in [-0.3, -0.25) is 0 Å². The monoisotopic (exact) mass is 351 g/mol. The van der Waals surface area contributed by atoms with Crippen molar-refractivity contribution in [2.45, 2.75) is 33.1 Å². The Morgan fingerprint density at radius 1 is 1.24 bits per heavy atom. The molecule has 1 N–H and O–H groups in total. The summed E-state index contributed by atoms with van der Waals surface area (Å²) in [6.45, 7) is 8.87. The highest BCUT2D eigenvalue weighted by atomic mass is 79.9. The molecule has 0 amide bonds. The maximum Gasteiger partial charge on any atom is 0.146 e. The van der Waals surface area contributed by atoms with Gasteiger partial charge in [-0.05, 0) is 35.0 Å². The van der Waals surface area contributed by atoms with Crippen LogP contribution in [0, 0.1) is 5.82 Å². The third-order valence-corrected chi connectivity index (χ3v) is 3.59. The summed E-state index contributed by atoms with van der Waals surface area (Å²) in [6, 6.07) is 6.98. The minimum absolute atomic E-state index is 0.206. The van der Waals surface area contributed by atoms with Gasteiger partial charge in [-0.25, -0.2) is 14.4 Å². The second-order valence-electron chi connectivity index (χ2n) is 5.84. The van der Waals surface area contributed by atoms with Crippen LogP contribution in [0.25, 0.3) is 11.3 Å². The van der Waals surface area contributed by atoms with Crippen molar-refractivity contribution in [2.24, 2.45) is 0 Å². The molecule has 0 radical (unpaired) electrons. The molecule has 2 rings (SSSR count). The lowest BCUT2D eigenvalue weighted by molar-refractivity contribution is 0.546. The Morgan fingerprint density at radius 2 is 1.95 bits per heavy atom. The van der Waals surface area contributed by atoms with Crippen LogP contribution in [0.3, 0.4) is 0 Å². The lowest BCUT2D eigenvalue weighted by Gasteiger charge is -2.19. The summed E-state index contributed by atoms with van der Waals surface area (Å²) < 4.78 is 14.7. The average Bonchev–Trinajstić information content (AvgIpc) is 2.41. The van der Waals surface area contributed by atoms with Crippen molar-refractivity contribution in [3.05, 3.63) is 40.4 Å². The molecule has 21 heavy (non-hydrogen) atoms. The average molecular weight is 352 g/mol. The van der Waals surface area contributed by atoms with Gasteiger partial charge in [0.15, 0.2) is 0 Å². The van der Waals surface area contributed by atoms with E-state index in [0.717, 1.165) is 6.54 Å². The number of nitrogens with zero attached hydrogens (tertiary/aromatic N) is 2.